The zero-order chi connectivity index (χ0) is 15.5. The summed E-state index contributed by atoms with van der Waals surface area (Å²) in [5.41, 5.74) is 0.401. The number of anilines is 1. The SMILES string of the molecule is CN(C)c1ccc(C(=O)N2CCC[C@H]2Cn2cccn2)nn1. The summed E-state index contributed by atoms with van der Waals surface area (Å²) < 4.78 is 1.87. The van der Waals surface area contributed by atoms with Crippen LogP contribution >= 0.6 is 0 Å². The highest BCUT2D eigenvalue weighted by atomic mass is 16.2. The Kier molecular flexibility index (Phi) is 4.04. The number of amides is 1. The number of aromatic nitrogens is 4. The Balaban J connectivity index is 1.72. The Morgan fingerprint density at radius 2 is 2.23 bits per heavy atom. The van der Waals surface area contributed by atoms with E-state index in [1.54, 1.807) is 12.3 Å². The van der Waals surface area contributed by atoms with Gasteiger partial charge in [-0.2, -0.15) is 5.10 Å². The fourth-order valence-corrected chi connectivity index (χ4v) is 2.74. The molecule has 0 spiro atoms. The minimum absolute atomic E-state index is 0.0486. The molecule has 22 heavy (non-hydrogen) atoms. The quantitative estimate of drug-likeness (QED) is 0.844. The minimum Gasteiger partial charge on any atom is -0.361 e. The molecule has 0 radical (unpaired) electrons. The average molecular weight is 300 g/mol. The van der Waals surface area contributed by atoms with Gasteiger partial charge in [-0.1, -0.05) is 0 Å². The van der Waals surface area contributed by atoms with E-state index >= 15 is 0 Å². The highest BCUT2D eigenvalue weighted by Gasteiger charge is 2.30. The van der Waals surface area contributed by atoms with Crippen LogP contribution < -0.4 is 4.90 Å². The Hall–Kier alpha value is -2.44. The molecule has 3 heterocycles. The van der Waals surface area contributed by atoms with Gasteiger partial charge in [0.1, 0.15) is 0 Å². The molecular weight excluding hydrogens is 280 g/mol. The molecule has 7 nitrogen and oxygen atoms in total. The van der Waals surface area contributed by atoms with E-state index in [1.807, 2.05) is 46.9 Å². The summed E-state index contributed by atoms with van der Waals surface area (Å²) in [5, 5.41) is 12.4. The van der Waals surface area contributed by atoms with Gasteiger partial charge >= 0.3 is 0 Å². The van der Waals surface area contributed by atoms with E-state index in [-0.39, 0.29) is 11.9 Å². The summed E-state index contributed by atoms with van der Waals surface area (Å²) in [7, 11) is 3.79. The zero-order valence-electron chi connectivity index (χ0n) is 12.9. The van der Waals surface area contributed by atoms with Gasteiger partial charge in [-0.3, -0.25) is 9.48 Å². The topological polar surface area (TPSA) is 67.2 Å². The lowest BCUT2D eigenvalue weighted by Crippen LogP contribution is -2.38. The van der Waals surface area contributed by atoms with E-state index in [2.05, 4.69) is 15.3 Å². The number of nitrogens with zero attached hydrogens (tertiary/aromatic N) is 6. The van der Waals surface area contributed by atoms with E-state index in [4.69, 9.17) is 0 Å². The molecule has 0 saturated carbocycles. The second-order valence-corrected chi connectivity index (χ2v) is 5.69. The number of rotatable bonds is 4. The Morgan fingerprint density at radius 3 is 2.86 bits per heavy atom. The van der Waals surface area contributed by atoms with Crippen LogP contribution in [0.4, 0.5) is 5.82 Å². The third-order valence-electron chi connectivity index (χ3n) is 3.92. The normalized spacial score (nSPS) is 17.7. The van der Waals surface area contributed by atoms with E-state index in [1.165, 1.54) is 0 Å². The fraction of sp³-hybridized carbons (Fsp3) is 0.467. The van der Waals surface area contributed by atoms with Crippen LogP contribution in [0.3, 0.4) is 0 Å². The lowest BCUT2D eigenvalue weighted by atomic mass is 10.2. The predicted molar refractivity (Wildman–Crippen MR) is 82.6 cm³/mol. The number of carbonyl (C=O) groups excluding carboxylic acids is 1. The second-order valence-electron chi connectivity index (χ2n) is 5.69. The van der Waals surface area contributed by atoms with Crippen molar-refractivity contribution in [2.24, 2.45) is 0 Å². The van der Waals surface area contributed by atoms with Crippen LogP contribution in [0.1, 0.15) is 23.3 Å². The molecule has 1 aliphatic rings. The largest absolute Gasteiger partial charge is 0.361 e. The number of hydrogen-bond acceptors (Lipinski definition) is 5. The van der Waals surface area contributed by atoms with Gasteiger partial charge in [0, 0.05) is 33.0 Å². The first kappa shape index (κ1) is 14.5. The van der Waals surface area contributed by atoms with Gasteiger partial charge in [0.05, 0.1) is 12.6 Å². The minimum atomic E-state index is -0.0486. The second kappa shape index (κ2) is 6.13. The molecule has 0 aromatic carbocycles. The average Bonchev–Trinajstić information content (AvgIpc) is 3.19. The highest BCUT2D eigenvalue weighted by Crippen LogP contribution is 2.21. The van der Waals surface area contributed by atoms with E-state index < -0.39 is 0 Å². The number of likely N-dealkylation sites (tertiary alicyclic amines) is 1. The van der Waals surface area contributed by atoms with Crippen LogP contribution in [-0.2, 0) is 6.54 Å². The van der Waals surface area contributed by atoms with Crippen LogP contribution in [0, 0.1) is 0 Å². The van der Waals surface area contributed by atoms with Crippen molar-refractivity contribution < 1.29 is 4.79 Å². The van der Waals surface area contributed by atoms with E-state index in [0.717, 1.165) is 31.7 Å². The van der Waals surface area contributed by atoms with Crippen molar-refractivity contribution in [1.82, 2.24) is 24.9 Å². The molecule has 7 heteroatoms. The first-order chi connectivity index (χ1) is 10.6. The van der Waals surface area contributed by atoms with E-state index in [9.17, 15) is 4.79 Å². The summed E-state index contributed by atoms with van der Waals surface area (Å²) in [6, 6.07) is 5.63. The molecule has 2 aromatic heterocycles. The van der Waals surface area contributed by atoms with Crippen LogP contribution in [0.5, 0.6) is 0 Å². The number of hydrogen-bond donors (Lipinski definition) is 0. The summed E-state index contributed by atoms with van der Waals surface area (Å²) in [6.45, 7) is 1.49. The Labute approximate surface area is 129 Å². The molecular formula is C15H20N6O. The molecule has 0 N–H and O–H groups in total. The van der Waals surface area contributed by atoms with Crippen molar-refractivity contribution in [3.8, 4) is 0 Å². The first-order valence-corrected chi connectivity index (χ1v) is 7.44. The van der Waals surface area contributed by atoms with Gasteiger partial charge < -0.3 is 9.80 Å². The molecule has 3 rings (SSSR count). The van der Waals surface area contributed by atoms with Gasteiger partial charge in [0.15, 0.2) is 11.5 Å². The van der Waals surface area contributed by atoms with Crippen molar-refractivity contribution in [2.45, 2.75) is 25.4 Å². The van der Waals surface area contributed by atoms with Crippen molar-refractivity contribution >= 4 is 11.7 Å². The molecule has 2 aromatic rings. The molecule has 1 atom stereocenters. The lowest BCUT2D eigenvalue weighted by molar-refractivity contribution is 0.0714. The maximum atomic E-state index is 12.6. The molecule has 116 valence electrons. The molecule has 1 amide bonds. The molecule has 1 fully saturated rings. The molecule has 0 bridgehead atoms. The van der Waals surface area contributed by atoms with Gasteiger partial charge in [-0.25, -0.2) is 0 Å². The van der Waals surface area contributed by atoms with E-state index in [0.29, 0.717) is 5.69 Å². The maximum Gasteiger partial charge on any atom is 0.274 e. The van der Waals surface area contributed by atoms with Crippen LogP contribution in [0.15, 0.2) is 30.6 Å². The summed E-state index contributed by atoms with van der Waals surface area (Å²) >= 11 is 0. The molecule has 0 unspecified atom stereocenters. The monoisotopic (exact) mass is 300 g/mol. The Morgan fingerprint density at radius 1 is 1.36 bits per heavy atom. The third kappa shape index (κ3) is 2.93. The van der Waals surface area contributed by atoms with Gasteiger partial charge in [-0.15, -0.1) is 10.2 Å². The fourth-order valence-electron chi connectivity index (χ4n) is 2.74. The smallest absolute Gasteiger partial charge is 0.274 e. The van der Waals surface area contributed by atoms with Crippen molar-refractivity contribution in [1.29, 1.82) is 0 Å². The maximum absolute atomic E-state index is 12.6. The standard InChI is InChI=1S/C15H20N6O/c1-19(2)14-7-6-13(17-18-14)15(22)21-10-3-5-12(21)11-20-9-4-8-16-20/h4,6-9,12H,3,5,10-11H2,1-2H3/t12-/m0/s1. The van der Waals surface area contributed by atoms with Crippen molar-refractivity contribution in [2.75, 3.05) is 25.5 Å². The van der Waals surface area contributed by atoms with Gasteiger partial charge in [-0.05, 0) is 31.0 Å². The third-order valence-corrected chi connectivity index (χ3v) is 3.92. The highest BCUT2D eigenvalue weighted by molar-refractivity contribution is 5.92. The Bertz CT molecular complexity index is 622. The van der Waals surface area contributed by atoms with Crippen molar-refractivity contribution in [3.63, 3.8) is 0 Å². The predicted octanol–water partition coefficient (Wildman–Crippen LogP) is 1.04. The molecule has 0 aliphatic carbocycles. The van der Waals surface area contributed by atoms with Crippen LogP contribution in [-0.4, -0.2) is 57.5 Å². The molecule has 1 aliphatic heterocycles. The van der Waals surface area contributed by atoms with Crippen molar-refractivity contribution in [3.05, 3.63) is 36.3 Å². The van der Waals surface area contributed by atoms with Gasteiger partial charge in [0.2, 0.25) is 0 Å². The first-order valence-electron chi connectivity index (χ1n) is 7.44. The number of carbonyl (C=O) groups is 1. The van der Waals surface area contributed by atoms with Crippen LogP contribution in [0.25, 0.3) is 0 Å². The van der Waals surface area contributed by atoms with Gasteiger partial charge in [0.25, 0.3) is 5.91 Å². The zero-order valence-corrected chi connectivity index (χ0v) is 12.9. The summed E-state index contributed by atoms with van der Waals surface area (Å²) in [4.78, 5) is 16.4. The lowest BCUT2D eigenvalue weighted by Gasteiger charge is -2.24. The summed E-state index contributed by atoms with van der Waals surface area (Å²) in [6.07, 6.45) is 5.69. The van der Waals surface area contributed by atoms with Crippen LogP contribution in [0.2, 0.25) is 0 Å². The summed E-state index contributed by atoms with van der Waals surface area (Å²) in [5.74, 6) is 0.693. The molecule has 1 saturated heterocycles.